The fraction of sp³-hybridized carbons (Fsp3) is 0.727. The van der Waals surface area contributed by atoms with Crippen LogP contribution in [-0.4, -0.2) is 33.9 Å². The lowest BCUT2D eigenvalue weighted by Crippen LogP contribution is -2.27. The number of aromatic nitrogens is 2. The lowest BCUT2D eigenvalue weighted by atomic mass is 10.4. The van der Waals surface area contributed by atoms with Crippen LogP contribution in [0.4, 0.5) is 0 Å². The van der Waals surface area contributed by atoms with Crippen molar-refractivity contribution < 1.29 is 4.74 Å². The van der Waals surface area contributed by atoms with Gasteiger partial charge in [0.05, 0.1) is 18.8 Å². The molecule has 0 amide bonds. The standard InChI is InChI=1S/C11H18N4OS2/c1-4-14(7-5-6-12)8-15-11(17)18-10(13-15)16-9(2)3/h9H,4-5,7-8H2,1-3H3. The van der Waals surface area contributed by atoms with Crippen molar-refractivity contribution in [3.63, 3.8) is 0 Å². The van der Waals surface area contributed by atoms with E-state index in [0.717, 1.165) is 13.1 Å². The van der Waals surface area contributed by atoms with Crippen LogP contribution in [0.1, 0.15) is 27.2 Å². The minimum absolute atomic E-state index is 0.0971. The predicted molar refractivity (Wildman–Crippen MR) is 74.2 cm³/mol. The molecule has 0 radical (unpaired) electrons. The summed E-state index contributed by atoms with van der Waals surface area (Å²) in [5, 5.41) is 13.5. The van der Waals surface area contributed by atoms with Crippen molar-refractivity contribution in [3.05, 3.63) is 3.95 Å². The molecule has 100 valence electrons. The third-order valence-electron chi connectivity index (χ3n) is 2.25. The summed E-state index contributed by atoms with van der Waals surface area (Å²) in [6.07, 6.45) is 0.612. The van der Waals surface area contributed by atoms with Gasteiger partial charge in [-0.3, -0.25) is 4.90 Å². The maximum absolute atomic E-state index is 8.60. The molecule has 0 aliphatic rings. The van der Waals surface area contributed by atoms with Crippen LogP contribution in [-0.2, 0) is 6.67 Å². The van der Waals surface area contributed by atoms with Gasteiger partial charge in [-0.05, 0) is 43.9 Å². The Hall–Kier alpha value is -0.970. The normalized spacial score (nSPS) is 10.9. The van der Waals surface area contributed by atoms with Gasteiger partial charge < -0.3 is 4.74 Å². The zero-order chi connectivity index (χ0) is 13.5. The zero-order valence-corrected chi connectivity index (χ0v) is 12.6. The van der Waals surface area contributed by atoms with Gasteiger partial charge in [-0.15, -0.1) is 5.10 Å². The van der Waals surface area contributed by atoms with Crippen LogP contribution in [0, 0.1) is 15.3 Å². The quantitative estimate of drug-likeness (QED) is 0.721. The highest BCUT2D eigenvalue weighted by molar-refractivity contribution is 7.73. The Balaban J connectivity index is 2.68. The highest BCUT2D eigenvalue weighted by Gasteiger charge is 2.09. The van der Waals surface area contributed by atoms with Crippen molar-refractivity contribution in [3.8, 4) is 11.3 Å². The molecular formula is C11H18N4OS2. The molecule has 5 nitrogen and oxygen atoms in total. The first-order valence-corrected chi connectivity index (χ1v) is 7.13. The smallest absolute Gasteiger partial charge is 0.293 e. The van der Waals surface area contributed by atoms with Crippen LogP contribution in [0.2, 0.25) is 0 Å². The molecule has 0 spiro atoms. The lowest BCUT2D eigenvalue weighted by Gasteiger charge is -2.18. The Morgan fingerprint density at radius 3 is 2.89 bits per heavy atom. The summed E-state index contributed by atoms with van der Waals surface area (Å²) in [5.74, 6) is 0. The monoisotopic (exact) mass is 286 g/mol. The molecule has 1 aromatic rings. The van der Waals surface area contributed by atoms with Crippen LogP contribution >= 0.6 is 23.6 Å². The lowest BCUT2D eigenvalue weighted by molar-refractivity contribution is 0.206. The molecule has 0 aromatic carbocycles. The highest BCUT2D eigenvalue weighted by atomic mass is 32.1. The van der Waals surface area contributed by atoms with Crippen molar-refractivity contribution in [2.45, 2.75) is 40.0 Å². The van der Waals surface area contributed by atoms with E-state index in [1.165, 1.54) is 11.3 Å². The number of hydrogen-bond acceptors (Lipinski definition) is 6. The zero-order valence-electron chi connectivity index (χ0n) is 10.9. The van der Waals surface area contributed by atoms with E-state index in [0.29, 0.717) is 22.2 Å². The molecule has 7 heteroatoms. The predicted octanol–water partition coefficient (Wildman–Crippen LogP) is 2.65. The Labute approximate surface area is 117 Å². The maximum Gasteiger partial charge on any atom is 0.293 e. The van der Waals surface area contributed by atoms with E-state index < -0.39 is 0 Å². The minimum atomic E-state index is 0.0971. The average Bonchev–Trinajstić information content (AvgIpc) is 2.63. The second kappa shape index (κ2) is 7.46. The molecule has 0 bridgehead atoms. The average molecular weight is 286 g/mol. The van der Waals surface area contributed by atoms with Crippen molar-refractivity contribution in [2.75, 3.05) is 13.1 Å². The number of hydrogen-bond donors (Lipinski definition) is 0. The number of rotatable bonds is 7. The molecular weight excluding hydrogens is 268 g/mol. The topological polar surface area (TPSA) is 54.1 Å². The summed E-state index contributed by atoms with van der Waals surface area (Å²) < 4.78 is 7.97. The summed E-state index contributed by atoms with van der Waals surface area (Å²) in [6.45, 7) is 8.17. The largest absolute Gasteiger partial charge is 0.466 e. The molecule has 0 saturated carbocycles. The number of ether oxygens (including phenoxy) is 1. The van der Waals surface area contributed by atoms with Gasteiger partial charge >= 0.3 is 0 Å². The summed E-state index contributed by atoms with van der Waals surface area (Å²) >= 11 is 6.62. The Morgan fingerprint density at radius 1 is 1.61 bits per heavy atom. The highest BCUT2D eigenvalue weighted by Crippen LogP contribution is 2.18. The molecule has 1 heterocycles. The van der Waals surface area contributed by atoms with Crippen LogP contribution in [0.15, 0.2) is 0 Å². The Bertz CT molecular complexity index is 460. The van der Waals surface area contributed by atoms with Gasteiger partial charge in [0.25, 0.3) is 5.19 Å². The molecule has 0 N–H and O–H groups in total. The van der Waals surface area contributed by atoms with E-state index in [-0.39, 0.29) is 6.10 Å². The second-order valence-electron chi connectivity index (χ2n) is 4.06. The molecule has 0 fully saturated rings. The van der Waals surface area contributed by atoms with E-state index in [4.69, 9.17) is 22.2 Å². The molecule has 0 aliphatic carbocycles. The van der Waals surface area contributed by atoms with Crippen molar-refractivity contribution >= 4 is 23.6 Å². The minimum Gasteiger partial charge on any atom is -0.466 e. The van der Waals surface area contributed by atoms with Gasteiger partial charge in [-0.2, -0.15) is 5.26 Å². The van der Waals surface area contributed by atoms with E-state index in [1.807, 2.05) is 13.8 Å². The molecule has 0 unspecified atom stereocenters. The third-order valence-corrected chi connectivity index (χ3v) is 3.44. The first-order chi connectivity index (χ1) is 8.56. The van der Waals surface area contributed by atoms with Gasteiger partial charge in [-0.25, -0.2) is 4.68 Å². The van der Waals surface area contributed by atoms with Crippen molar-refractivity contribution in [1.82, 2.24) is 14.7 Å². The fourth-order valence-electron chi connectivity index (χ4n) is 1.35. The summed E-state index contributed by atoms with van der Waals surface area (Å²) in [4.78, 5) is 2.12. The Kier molecular flexibility index (Phi) is 6.25. The van der Waals surface area contributed by atoms with Crippen molar-refractivity contribution in [1.29, 1.82) is 5.26 Å². The number of nitriles is 1. The maximum atomic E-state index is 8.60. The van der Waals surface area contributed by atoms with Crippen LogP contribution < -0.4 is 4.74 Å². The van der Waals surface area contributed by atoms with E-state index in [1.54, 1.807) is 4.68 Å². The van der Waals surface area contributed by atoms with Gasteiger partial charge in [-0.1, -0.05) is 6.92 Å². The SMILES string of the molecule is CCN(CCC#N)Cn1nc(OC(C)C)sc1=S. The van der Waals surface area contributed by atoms with Crippen molar-refractivity contribution in [2.24, 2.45) is 0 Å². The van der Waals surface area contributed by atoms with E-state index in [9.17, 15) is 0 Å². The molecule has 0 atom stereocenters. The van der Waals surface area contributed by atoms with Gasteiger partial charge in [0.15, 0.2) is 3.95 Å². The first kappa shape index (κ1) is 15.1. The van der Waals surface area contributed by atoms with Gasteiger partial charge in [0.1, 0.15) is 0 Å². The summed E-state index contributed by atoms with van der Waals surface area (Å²) in [6, 6.07) is 2.14. The summed E-state index contributed by atoms with van der Waals surface area (Å²) in [5.41, 5.74) is 0. The van der Waals surface area contributed by atoms with Crippen LogP contribution in [0.3, 0.4) is 0 Å². The molecule has 18 heavy (non-hydrogen) atoms. The molecule has 1 aromatic heterocycles. The second-order valence-corrected chi connectivity index (χ2v) is 5.65. The van der Waals surface area contributed by atoms with E-state index >= 15 is 0 Å². The molecule has 1 rings (SSSR count). The first-order valence-electron chi connectivity index (χ1n) is 5.90. The molecule has 0 aliphatic heterocycles. The van der Waals surface area contributed by atoms with Crippen LogP contribution in [0.25, 0.3) is 0 Å². The third kappa shape index (κ3) is 4.72. The van der Waals surface area contributed by atoms with E-state index in [2.05, 4.69) is 23.0 Å². The van der Waals surface area contributed by atoms with Crippen LogP contribution in [0.5, 0.6) is 5.19 Å². The Morgan fingerprint density at radius 2 is 2.33 bits per heavy atom. The number of nitrogens with zero attached hydrogens (tertiary/aromatic N) is 4. The fourth-order valence-corrected chi connectivity index (χ4v) is 2.40. The van der Waals surface area contributed by atoms with Gasteiger partial charge in [0.2, 0.25) is 0 Å². The summed E-state index contributed by atoms with van der Waals surface area (Å²) in [7, 11) is 0. The van der Waals surface area contributed by atoms with Gasteiger partial charge in [0, 0.05) is 13.0 Å². The molecule has 0 saturated heterocycles.